The van der Waals surface area contributed by atoms with Crippen LogP contribution in [0.5, 0.6) is 5.75 Å². The monoisotopic (exact) mass is 366 g/mol. The third-order valence-corrected chi connectivity index (χ3v) is 3.69. The number of hydrogen-bond acceptors (Lipinski definition) is 6. The summed E-state index contributed by atoms with van der Waals surface area (Å²) in [7, 11) is 1.50. The Morgan fingerprint density at radius 2 is 1.81 bits per heavy atom. The van der Waals surface area contributed by atoms with E-state index in [0.29, 0.717) is 34.4 Å². The molecule has 0 aliphatic heterocycles. The Kier molecular flexibility index (Phi) is 5.16. The molecule has 138 valence electrons. The minimum atomic E-state index is -0.318. The van der Waals surface area contributed by atoms with Crippen LogP contribution < -0.4 is 15.4 Å². The van der Waals surface area contributed by atoms with Crippen LogP contribution in [0, 0.1) is 6.92 Å². The number of carbonyl (C=O) groups excluding carboxylic acids is 2. The number of nitrogens with one attached hydrogen (secondary N) is 2. The maximum atomic E-state index is 12.6. The lowest BCUT2D eigenvalue weighted by Crippen LogP contribution is -2.13. The number of hydrogen-bond donors (Lipinski definition) is 2. The fourth-order valence-corrected chi connectivity index (χ4v) is 2.46. The molecule has 27 heavy (non-hydrogen) atoms. The third-order valence-electron chi connectivity index (χ3n) is 3.69. The van der Waals surface area contributed by atoms with E-state index in [-0.39, 0.29) is 11.8 Å². The molecule has 0 fully saturated rings. The van der Waals surface area contributed by atoms with Gasteiger partial charge < -0.3 is 19.9 Å². The highest BCUT2D eigenvalue weighted by molar-refractivity contribution is 6.05. The number of methoxy groups -OCH3 is 1. The molecule has 8 nitrogen and oxygen atoms in total. The Morgan fingerprint density at radius 1 is 1.07 bits per heavy atom. The molecule has 0 bridgehead atoms. The number of rotatable bonds is 5. The number of aryl methyl sites for hydroxylation is 1. The Balaban J connectivity index is 1.79. The molecule has 2 N–H and O–H groups in total. The zero-order chi connectivity index (χ0) is 19.4. The van der Waals surface area contributed by atoms with Crippen LogP contribution in [0.25, 0.3) is 11.5 Å². The molecule has 8 heteroatoms. The number of amides is 2. The summed E-state index contributed by atoms with van der Waals surface area (Å²) in [4.78, 5) is 27.9. The number of carbonyl (C=O) groups is 2. The predicted octanol–water partition coefficient (Wildman–Crippen LogP) is 3.26. The van der Waals surface area contributed by atoms with Gasteiger partial charge in [-0.15, -0.1) is 0 Å². The van der Waals surface area contributed by atoms with Crippen LogP contribution >= 0.6 is 0 Å². The first-order valence-electron chi connectivity index (χ1n) is 8.14. The van der Waals surface area contributed by atoms with E-state index in [1.807, 2.05) is 0 Å². The number of ether oxygens (including phenoxy) is 1. The number of anilines is 2. The normalized spacial score (nSPS) is 10.3. The minimum absolute atomic E-state index is 0.204. The summed E-state index contributed by atoms with van der Waals surface area (Å²) < 4.78 is 10.4. The van der Waals surface area contributed by atoms with Gasteiger partial charge in [-0.05, 0) is 49.4 Å². The summed E-state index contributed by atoms with van der Waals surface area (Å²) in [5.41, 5.74) is 2.17. The lowest BCUT2D eigenvalue weighted by molar-refractivity contribution is -0.114. The van der Waals surface area contributed by atoms with Crippen LogP contribution in [-0.4, -0.2) is 29.1 Å². The zero-order valence-corrected chi connectivity index (χ0v) is 15.1. The summed E-state index contributed by atoms with van der Waals surface area (Å²) in [6, 6.07) is 11.8. The Hall–Kier alpha value is -3.68. The average Bonchev–Trinajstić information content (AvgIpc) is 3.08. The van der Waals surface area contributed by atoms with E-state index in [0.717, 1.165) is 5.56 Å². The molecule has 1 heterocycles. The van der Waals surface area contributed by atoms with Crippen LogP contribution in [0.3, 0.4) is 0 Å². The number of aromatic nitrogens is 2. The molecule has 0 spiro atoms. The van der Waals surface area contributed by atoms with Crippen molar-refractivity contribution in [3.8, 4) is 17.2 Å². The standard InChI is InChI=1S/C19H18N4O4/c1-11-20-19(27-23-11)14-6-4-13(5-7-14)18(25)22-16-10-15(21-12(2)24)8-9-17(16)26-3/h4-10H,1-3H3,(H,21,24)(H,22,25). The van der Waals surface area contributed by atoms with Gasteiger partial charge in [0.2, 0.25) is 5.91 Å². The maximum Gasteiger partial charge on any atom is 0.257 e. The van der Waals surface area contributed by atoms with E-state index in [1.165, 1.54) is 14.0 Å². The highest BCUT2D eigenvalue weighted by Gasteiger charge is 2.13. The van der Waals surface area contributed by atoms with Gasteiger partial charge in [0.05, 0.1) is 12.8 Å². The minimum Gasteiger partial charge on any atom is -0.495 e. The van der Waals surface area contributed by atoms with Crippen molar-refractivity contribution in [1.29, 1.82) is 0 Å². The first-order chi connectivity index (χ1) is 13.0. The van der Waals surface area contributed by atoms with Crippen LogP contribution in [0.4, 0.5) is 11.4 Å². The van der Waals surface area contributed by atoms with Gasteiger partial charge in [-0.3, -0.25) is 9.59 Å². The second-order valence-corrected chi connectivity index (χ2v) is 5.77. The molecule has 2 aromatic carbocycles. The molecule has 0 unspecified atom stereocenters. The average molecular weight is 366 g/mol. The molecule has 0 aliphatic carbocycles. The van der Waals surface area contributed by atoms with Crippen molar-refractivity contribution in [2.45, 2.75) is 13.8 Å². The van der Waals surface area contributed by atoms with E-state index in [4.69, 9.17) is 9.26 Å². The highest BCUT2D eigenvalue weighted by Crippen LogP contribution is 2.28. The zero-order valence-electron chi connectivity index (χ0n) is 15.1. The molecule has 2 amide bonds. The summed E-state index contributed by atoms with van der Waals surface area (Å²) in [6.07, 6.45) is 0. The van der Waals surface area contributed by atoms with Gasteiger partial charge >= 0.3 is 0 Å². The van der Waals surface area contributed by atoms with Gasteiger partial charge in [-0.25, -0.2) is 0 Å². The van der Waals surface area contributed by atoms with E-state index in [2.05, 4.69) is 20.8 Å². The van der Waals surface area contributed by atoms with Gasteiger partial charge in [0.1, 0.15) is 5.75 Å². The van der Waals surface area contributed by atoms with Crippen molar-refractivity contribution in [3.63, 3.8) is 0 Å². The van der Waals surface area contributed by atoms with E-state index < -0.39 is 0 Å². The summed E-state index contributed by atoms with van der Waals surface area (Å²) in [6.45, 7) is 3.15. The predicted molar refractivity (Wildman–Crippen MR) is 99.7 cm³/mol. The van der Waals surface area contributed by atoms with E-state index in [9.17, 15) is 9.59 Å². The maximum absolute atomic E-state index is 12.6. The topological polar surface area (TPSA) is 106 Å². The van der Waals surface area contributed by atoms with Crippen LogP contribution in [0.1, 0.15) is 23.1 Å². The Bertz CT molecular complexity index is 980. The van der Waals surface area contributed by atoms with Crippen molar-refractivity contribution >= 4 is 23.2 Å². The first kappa shape index (κ1) is 18.1. The van der Waals surface area contributed by atoms with Crippen molar-refractivity contribution in [3.05, 3.63) is 53.9 Å². The largest absolute Gasteiger partial charge is 0.495 e. The molecule has 0 radical (unpaired) electrons. The van der Waals surface area contributed by atoms with Crippen molar-refractivity contribution in [2.24, 2.45) is 0 Å². The third kappa shape index (κ3) is 4.30. The highest BCUT2D eigenvalue weighted by atomic mass is 16.5. The Morgan fingerprint density at radius 3 is 2.41 bits per heavy atom. The van der Waals surface area contributed by atoms with Crippen molar-refractivity contribution in [2.75, 3.05) is 17.7 Å². The van der Waals surface area contributed by atoms with Gasteiger partial charge in [0.15, 0.2) is 5.82 Å². The molecular formula is C19H18N4O4. The molecule has 0 atom stereocenters. The summed E-state index contributed by atoms with van der Waals surface area (Å²) >= 11 is 0. The van der Waals surface area contributed by atoms with E-state index >= 15 is 0 Å². The fourth-order valence-electron chi connectivity index (χ4n) is 2.46. The smallest absolute Gasteiger partial charge is 0.257 e. The van der Waals surface area contributed by atoms with Crippen LogP contribution in [-0.2, 0) is 4.79 Å². The quantitative estimate of drug-likeness (QED) is 0.718. The van der Waals surface area contributed by atoms with Crippen LogP contribution in [0.15, 0.2) is 47.0 Å². The van der Waals surface area contributed by atoms with Crippen molar-refractivity contribution in [1.82, 2.24) is 10.1 Å². The van der Waals surface area contributed by atoms with Gasteiger partial charge in [-0.2, -0.15) is 4.98 Å². The fraction of sp³-hybridized carbons (Fsp3) is 0.158. The summed E-state index contributed by atoms with van der Waals surface area (Å²) in [5.74, 6) is 0.892. The Labute approximate surface area is 155 Å². The lowest BCUT2D eigenvalue weighted by atomic mass is 10.1. The SMILES string of the molecule is COc1ccc(NC(C)=O)cc1NC(=O)c1ccc(-c2nc(C)no2)cc1. The van der Waals surface area contributed by atoms with Gasteiger partial charge in [0.25, 0.3) is 11.8 Å². The first-order valence-corrected chi connectivity index (χ1v) is 8.14. The molecule has 1 aromatic heterocycles. The molecule has 0 saturated heterocycles. The molecule has 3 aromatic rings. The summed E-state index contributed by atoms with van der Waals surface area (Å²) in [5, 5.41) is 9.20. The number of nitrogens with zero attached hydrogens (tertiary/aromatic N) is 2. The second-order valence-electron chi connectivity index (χ2n) is 5.77. The van der Waals surface area contributed by atoms with E-state index in [1.54, 1.807) is 49.4 Å². The molecule has 3 rings (SSSR count). The molecule has 0 saturated carbocycles. The lowest BCUT2D eigenvalue weighted by Gasteiger charge is -2.12. The van der Waals surface area contributed by atoms with Crippen molar-refractivity contribution < 1.29 is 18.8 Å². The molecular weight excluding hydrogens is 348 g/mol. The molecule has 0 aliphatic rings. The number of benzene rings is 2. The second kappa shape index (κ2) is 7.69. The van der Waals surface area contributed by atoms with Gasteiger partial charge in [-0.1, -0.05) is 5.16 Å². The van der Waals surface area contributed by atoms with Crippen LogP contribution in [0.2, 0.25) is 0 Å². The van der Waals surface area contributed by atoms with Gasteiger partial charge in [0, 0.05) is 23.7 Å².